The molecular formula is C17H28N4O3. The van der Waals surface area contributed by atoms with E-state index in [0.29, 0.717) is 6.54 Å². The monoisotopic (exact) mass is 336 g/mol. The number of hydrogen-bond acceptors (Lipinski definition) is 5. The van der Waals surface area contributed by atoms with E-state index in [1.165, 1.54) is 31.3 Å². The Bertz CT molecular complexity index is 520. The number of nitrogens with one attached hydrogen (secondary N) is 1. The van der Waals surface area contributed by atoms with Crippen molar-refractivity contribution in [3.05, 3.63) is 23.9 Å². The number of aliphatic hydroxyl groups is 1. The lowest BCUT2D eigenvalue weighted by atomic mass is 10.1. The molecule has 1 aliphatic heterocycles. The average Bonchev–Trinajstić information content (AvgIpc) is 2.60. The number of ether oxygens (including phenoxy) is 1. The summed E-state index contributed by atoms with van der Waals surface area (Å²) in [5.41, 5.74) is 1.02. The number of carbonyl (C=O) groups excluding carboxylic acids is 1. The minimum Gasteiger partial charge on any atom is -0.389 e. The van der Waals surface area contributed by atoms with Gasteiger partial charge in [-0.25, -0.2) is 9.78 Å². The Kier molecular flexibility index (Phi) is 7.27. The Hall–Kier alpha value is -1.86. The van der Waals surface area contributed by atoms with Crippen molar-refractivity contribution in [1.29, 1.82) is 0 Å². The van der Waals surface area contributed by atoms with Crippen molar-refractivity contribution >= 4 is 11.8 Å². The van der Waals surface area contributed by atoms with Crippen LogP contribution >= 0.6 is 0 Å². The summed E-state index contributed by atoms with van der Waals surface area (Å²) < 4.78 is 4.86. The summed E-state index contributed by atoms with van der Waals surface area (Å²) in [6, 6.07) is 3.72. The maximum absolute atomic E-state index is 12.1. The van der Waals surface area contributed by atoms with Gasteiger partial charge in [0.1, 0.15) is 5.82 Å². The molecule has 24 heavy (non-hydrogen) atoms. The molecule has 1 aliphatic rings. The summed E-state index contributed by atoms with van der Waals surface area (Å²) in [5.74, 6) is 0.977. The van der Waals surface area contributed by atoms with E-state index in [1.54, 1.807) is 13.2 Å². The van der Waals surface area contributed by atoms with Crippen LogP contribution in [0.15, 0.2) is 18.3 Å². The first-order valence-corrected chi connectivity index (χ1v) is 8.46. The van der Waals surface area contributed by atoms with Crippen LogP contribution in [0.2, 0.25) is 0 Å². The number of urea groups is 1. The van der Waals surface area contributed by atoms with Crippen LogP contribution in [-0.4, -0.2) is 67.5 Å². The molecule has 1 atom stereocenters. The quantitative estimate of drug-likeness (QED) is 0.783. The van der Waals surface area contributed by atoms with Crippen molar-refractivity contribution in [2.24, 2.45) is 0 Å². The molecule has 0 bridgehead atoms. The summed E-state index contributed by atoms with van der Waals surface area (Å²) in [7, 11) is 3.17. The van der Waals surface area contributed by atoms with Crippen LogP contribution in [0.3, 0.4) is 0 Å². The lowest BCUT2D eigenvalue weighted by Gasteiger charge is -2.28. The van der Waals surface area contributed by atoms with Gasteiger partial charge >= 0.3 is 6.03 Å². The first-order valence-electron chi connectivity index (χ1n) is 8.46. The molecule has 2 rings (SSSR count). The van der Waals surface area contributed by atoms with Crippen LogP contribution in [-0.2, 0) is 11.3 Å². The van der Waals surface area contributed by atoms with Crippen molar-refractivity contribution in [3.63, 3.8) is 0 Å². The van der Waals surface area contributed by atoms with Crippen molar-refractivity contribution in [2.75, 3.05) is 45.3 Å². The molecule has 1 saturated heterocycles. The lowest BCUT2D eigenvalue weighted by Crippen LogP contribution is -2.42. The van der Waals surface area contributed by atoms with Crippen LogP contribution in [0.4, 0.5) is 10.6 Å². The summed E-state index contributed by atoms with van der Waals surface area (Å²) in [6.07, 6.45) is 4.80. The molecule has 134 valence electrons. The molecule has 0 aromatic carbocycles. The molecular weight excluding hydrogens is 308 g/mol. The third-order valence-electron chi connectivity index (χ3n) is 4.12. The van der Waals surface area contributed by atoms with E-state index in [4.69, 9.17) is 4.74 Å². The molecule has 0 unspecified atom stereocenters. The second-order valence-electron chi connectivity index (χ2n) is 6.22. The zero-order valence-electron chi connectivity index (χ0n) is 14.6. The van der Waals surface area contributed by atoms with E-state index in [9.17, 15) is 9.90 Å². The Labute approximate surface area is 143 Å². The Morgan fingerprint density at radius 2 is 2.21 bits per heavy atom. The Balaban J connectivity index is 1.83. The summed E-state index contributed by atoms with van der Waals surface area (Å²) in [5, 5.41) is 12.5. The summed E-state index contributed by atoms with van der Waals surface area (Å²) in [4.78, 5) is 20.3. The van der Waals surface area contributed by atoms with E-state index in [1.807, 2.05) is 12.1 Å². The highest BCUT2D eigenvalue weighted by atomic mass is 16.5. The van der Waals surface area contributed by atoms with Gasteiger partial charge in [-0.3, -0.25) is 0 Å². The van der Waals surface area contributed by atoms with Gasteiger partial charge in [-0.15, -0.1) is 0 Å². The zero-order valence-corrected chi connectivity index (χ0v) is 14.6. The SMILES string of the molecule is COC[C@H](O)CN(C)C(=O)NCc1ccnc(N2CCCCC2)c1. The minimum absolute atomic E-state index is 0.209. The number of carbonyl (C=O) groups is 1. The zero-order chi connectivity index (χ0) is 17.4. The number of amides is 2. The Morgan fingerprint density at radius 3 is 2.92 bits per heavy atom. The van der Waals surface area contributed by atoms with Crippen LogP contribution in [0, 0.1) is 0 Å². The highest BCUT2D eigenvalue weighted by molar-refractivity contribution is 5.73. The van der Waals surface area contributed by atoms with Crippen LogP contribution in [0.5, 0.6) is 0 Å². The summed E-state index contributed by atoms with van der Waals surface area (Å²) >= 11 is 0. The number of hydrogen-bond donors (Lipinski definition) is 2. The van der Waals surface area contributed by atoms with Crippen molar-refractivity contribution in [3.8, 4) is 0 Å². The smallest absolute Gasteiger partial charge is 0.317 e. The van der Waals surface area contributed by atoms with Gasteiger partial charge in [-0.2, -0.15) is 0 Å². The molecule has 2 N–H and O–H groups in total. The number of anilines is 1. The fourth-order valence-corrected chi connectivity index (χ4v) is 2.82. The molecule has 1 aromatic rings. The van der Waals surface area contributed by atoms with Gasteiger partial charge in [0.05, 0.1) is 19.3 Å². The van der Waals surface area contributed by atoms with E-state index in [0.717, 1.165) is 24.5 Å². The van der Waals surface area contributed by atoms with Crippen LogP contribution in [0.1, 0.15) is 24.8 Å². The molecule has 1 aromatic heterocycles. The highest BCUT2D eigenvalue weighted by Gasteiger charge is 2.14. The van der Waals surface area contributed by atoms with Crippen molar-refractivity contribution < 1.29 is 14.6 Å². The number of likely N-dealkylation sites (N-methyl/N-ethyl adjacent to an activating group) is 1. The number of aliphatic hydroxyl groups excluding tert-OH is 1. The third kappa shape index (κ3) is 5.65. The van der Waals surface area contributed by atoms with Crippen molar-refractivity contribution in [2.45, 2.75) is 31.9 Å². The summed E-state index contributed by atoms with van der Waals surface area (Å²) in [6.45, 7) is 2.97. The van der Waals surface area contributed by atoms with E-state index >= 15 is 0 Å². The fourth-order valence-electron chi connectivity index (χ4n) is 2.82. The predicted octanol–water partition coefficient (Wildman–Crippen LogP) is 1.22. The second kappa shape index (κ2) is 9.44. The highest BCUT2D eigenvalue weighted by Crippen LogP contribution is 2.18. The molecule has 0 saturated carbocycles. The van der Waals surface area contributed by atoms with Gasteiger partial charge in [0.2, 0.25) is 0 Å². The minimum atomic E-state index is -0.683. The number of nitrogens with zero attached hydrogens (tertiary/aromatic N) is 3. The van der Waals surface area contributed by atoms with Crippen LogP contribution < -0.4 is 10.2 Å². The fraction of sp³-hybridized carbons (Fsp3) is 0.647. The largest absolute Gasteiger partial charge is 0.389 e. The van der Waals surface area contributed by atoms with Gasteiger partial charge < -0.3 is 25.0 Å². The topological polar surface area (TPSA) is 77.9 Å². The molecule has 7 nitrogen and oxygen atoms in total. The van der Waals surface area contributed by atoms with Gasteiger partial charge in [0, 0.05) is 40.0 Å². The van der Waals surface area contributed by atoms with Gasteiger partial charge in [-0.05, 0) is 37.0 Å². The number of pyridine rings is 1. The van der Waals surface area contributed by atoms with Crippen LogP contribution in [0.25, 0.3) is 0 Å². The van der Waals surface area contributed by atoms with E-state index < -0.39 is 6.10 Å². The number of methoxy groups -OCH3 is 1. The van der Waals surface area contributed by atoms with Gasteiger partial charge in [-0.1, -0.05) is 0 Å². The Morgan fingerprint density at radius 1 is 1.46 bits per heavy atom. The number of aromatic nitrogens is 1. The molecule has 0 aliphatic carbocycles. The molecule has 7 heteroatoms. The molecule has 0 spiro atoms. The second-order valence-corrected chi connectivity index (χ2v) is 6.22. The lowest BCUT2D eigenvalue weighted by molar-refractivity contribution is 0.0489. The number of rotatable bonds is 7. The predicted molar refractivity (Wildman–Crippen MR) is 93.0 cm³/mol. The van der Waals surface area contributed by atoms with E-state index in [-0.39, 0.29) is 19.2 Å². The maximum Gasteiger partial charge on any atom is 0.317 e. The number of piperidine rings is 1. The van der Waals surface area contributed by atoms with E-state index in [2.05, 4.69) is 15.2 Å². The molecule has 1 fully saturated rings. The molecule has 2 amide bonds. The standard InChI is InChI=1S/C17H28N4O3/c1-20(12-15(22)13-24-2)17(23)19-11-14-6-7-18-16(10-14)21-8-4-3-5-9-21/h6-7,10,15,22H,3-5,8-9,11-13H2,1-2H3,(H,19,23)/t15-/m1/s1. The molecule has 0 radical (unpaired) electrons. The maximum atomic E-state index is 12.1. The first-order chi connectivity index (χ1) is 11.6. The van der Waals surface area contributed by atoms with Gasteiger partial charge in [0.15, 0.2) is 0 Å². The van der Waals surface area contributed by atoms with Gasteiger partial charge in [0.25, 0.3) is 0 Å². The first kappa shape index (κ1) is 18.5. The third-order valence-corrected chi connectivity index (χ3v) is 4.12. The normalized spacial score (nSPS) is 15.9. The molecule has 2 heterocycles. The average molecular weight is 336 g/mol. The van der Waals surface area contributed by atoms with Crippen molar-refractivity contribution in [1.82, 2.24) is 15.2 Å².